The second-order valence-corrected chi connectivity index (χ2v) is 7.43. The number of carbonyl (C=O) groups excluding carboxylic acids is 1. The van der Waals surface area contributed by atoms with Gasteiger partial charge in [-0.3, -0.25) is 0 Å². The van der Waals surface area contributed by atoms with Crippen LogP contribution in [0.15, 0.2) is 47.4 Å². The zero-order chi connectivity index (χ0) is 17.8. The van der Waals surface area contributed by atoms with Gasteiger partial charge in [-0.2, -0.15) is 0 Å². The standard InChI is InChI=1S/C18H19Cl2N3OS/c1-25-15-5-2-13(3-6-15)21-18(24)23-10-8-22(9-11-23)14-4-7-16(19)17(20)12-14/h2-7,12H,8-11H2,1H3,(H,21,24). The van der Waals surface area contributed by atoms with E-state index >= 15 is 0 Å². The minimum Gasteiger partial charge on any atom is -0.368 e. The first-order valence-electron chi connectivity index (χ1n) is 7.97. The van der Waals surface area contributed by atoms with Gasteiger partial charge >= 0.3 is 6.03 Å². The second-order valence-electron chi connectivity index (χ2n) is 5.73. The molecule has 0 saturated carbocycles. The molecule has 0 unspecified atom stereocenters. The molecule has 2 aromatic rings. The molecule has 0 bridgehead atoms. The summed E-state index contributed by atoms with van der Waals surface area (Å²) in [5, 5.41) is 4.06. The molecule has 4 nitrogen and oxygen atoms in total. The largest absolute Gasteiger partial charge is 0.368 e. The van der Waals surface area contributed by atoms with Crippen molar-refractivity contribution in [1.82, 2.24) is 4.90 Å². The Kier molecular flexibility index (Phi) is 5.99. The summed E-state index contributed by atoms with van der Waals surface area (Å²) in [6.45, 7) is 2.84. The second kappa shape index (κ2) is 8.21. The average Bonchev–Trinajstić information content (AvgIpc) is 2.65. The summed E-state index contributed by atoms with van der Waals surface area (Å²) in [6.07, 6.45) is 2.03. The summed E-state index contributed by atoms with van der Waals surface area (Å²) in [4.78, 5) is 17.6. The summed E-state index contributed by atoms with van der Waals surface area (Å²) in [6, 6.07) is 13.4. The Balaban J connectivity index is 1.55. The number of anilines is 2. The number of amides is 2. The fraction of sp³-hybridized carbons (Fsp3) is 0.278. The van der Waals surface area contributed by atoms with E-state index in [0.717, 1.165) is 24.5 Å². The van der Waals surface area contributed by atoms with Crippen molar-refractivity contribution < 1.29 is 4.79 Å². The lowest BCUT2D eigenvalue weighted by Crippen LogP contribution is -2.50. The van der Waals surface area contributed by atoms with E-state index in [4.69, 9.17) is 23.2 Å². The van der Waals surface area contributed by atoms with Gasteiger partial charge in [0.15, 0.2) is 0 Å². The smallest absolute Gasteiger partial charge is 0.321 e. The van der Waals surface area contributed by atoms with Crippen LogP contribution in [0.3, 0.4) is 0 Å². The van der Waals surface area contributed by atoms with E-state index in [2.05, 4.69) is 10.2 Å². The molecular weight excluding hydrogens is 377 g/mol. The molecule has 1 aliphatic rings. The van der Waals surface area contributed by atoms with Crippen LogP contribution in [0.4, 0.5) is 16.2 Å². The molecule has 3 rings (SSSR count). The van der Waals surface area contributed by atoms with E-state index in [1.807, 2.05) is 47.6 Å². The minimum atomic E-state index is -0.0642. The number of piperazine rings is 1. The predicted octanol–water partition coefficient (Wildman–Crippen LogP) is 5.07. The van der Waals surface area contributed by atoms with E-state index in [1.54, 1.807) is 17.8 Å². The van der Waals surface area contributed by atoms with Gasteiger partial charge in [-0.05, 0) is 48.7 Å². The van der Waals surface area contributed by atoms with E-state index in [1.165, 1.54) is 4.90 Å². The normalized spacial score (nSPS) is 14.5. The number of benzene rings is 2. The molecule has 1 saturated heterocycles. The maximum atomic E-state index is 12.4. The zero-order valence-corrected chi connectivity index (χ0v) is 16.2. The topological polar surface area (TPSA) is 35.6 Å². The fourth-order valence-corrected chi connectivity index (χ4v) is 3.43. The summed E-state index contributed by atoms with van der Waals surface area (Å²) in [5.74, 6) is 0. The number of nitrogens with zero attached hydrogens (tertiary/aromatic N) is 2. The van der Waals surface area contributed by atoms with Crippen LogP contribution in [0.25, 0.3) is 0 Å². The van der Waals surface area contributed by atoms with Crippen LogP contribution in [0.2, 0.25) is 10.0 Å². The fourth-order valence-electron chi connectivity index (χ4n) is 2.73. The molecule has 1 fully saturated rings. The molecule has 1 aliphatic heterocycles. The van der Waals surface area contributed by atoms with Crippen LogP contribution in [-0.2, 0) is 0 Å². The number of hydrogen-bond donors (Lipinski definition) is 1. The number of rotatable bonds is 3. The van der Waals surface area contributed by atoms with Crippen molar-refractivity contribution in [3.63, 3.8) is 0 Å². The van der Waals surface area contributed by atoms with Crippen LogP contribution in [0.1, 0.15) is 0 Å². The van der Waals surface area contributed by atoms with E-state index in [-0.39, 0.29) is 6.03 Å². The first kappa shape index (κ1) is 18.2. The summed E-state index contributed by atoms with van der Waals surface area (Å²) in [7, 11) is 0. The molecule has 7 heteroatoms. The van der Waals surface area contributed by atoms with Crippen molar-refractivity contribution in [2.45, 2.75) is 4.90 Å². The van der Waals surface area contributed by atoms with Crippen molar-refractivity contribution in [3.05, 3.63) is 52.5 Å². The van der Waals surface area contributed by atoms with Gasteiger partial charge in [-0.1, -0.05) is 23.2 Å². The third-order valence-corrected chi connectivity index (χ3v) is 5.66. The van der Waals surface area contributed by atoms with Crippen LogP contribution < -0.4 is 10.2 Å². The van der Waals surface area contributed by atoms with Gasteiger partial charge in [-0.15, -0.1) is 11.8 Å². The molecule has 1 heterocycles. The number of hydrogen-bond acceptors (Lipinski definition) is 3. The number of urea groups is 1. The molecule has 132 valence electrons. The third-order valence-electron chi connectivity index (χ3n) is 4.18. The number of carbonyl (C=O) groups is 1. The quantitative estimate of drug-likeness (QED) is 0.736. The molecule has 0 atom stereocenters. The molecule has 0 aromatic heterocycles. The molecule has 1 N–H and O–H groups in total. The highest BCUT2D eigenvalue weighted by atomic mass is 35.5. The first-order valence-corrected chi connectivity index (χ1v) is 9.95. The molecule has 0 spiro atoms. The van der Waals surface area contributed by atoms with Crippen LogP contribution in [0.5, 0.6) is 0 Å². The van der Waals surface area contributed by atoms with Gasteiger partial charge in [0.2, 0.25) is 0 Å². The Labute approximate surface area is 162 Å². The maximum absolute atomic E-state index is 12.4. The Morgan fingerprint density at radius 1 is 1.00 bits per heavy atom. The van der Waals surface area contributed by atoms with Gasteiger partial charge in [0.05, 0.1) is 10.0 Å². The van der Waals surface area contributed by atoms with Crippen molar-refractivity contribution in [2.75, 3.05) is 42.7 Å². The summed E-state index contributed by atoms with van der Waals surface area (Å²) in [5.41, 5.74) is 1.84. The van der Waals surface area contributed by atoms with Gasteiger partial charge in [-0.25, -0.2) is 4.79 Å². The first-order chi connectivity index (χ1) is 12.1. The van der Waals surface area contributed by atoms with E-state index in [0.29, 0.717) is 23.1 Å². The lowest BCUT2D eigenvalue weighted by molar-refractivity contribution is 0.208. The van der Waals surface area contributed by atoms with Gasteiger partial charge in [0.25, 0.3) is 0 Å². The monoisotopic (exact) mass is 395 g/mol. The molecule has 0 aliphatic carbocycles. The SMILES string of the molecule is CSc1ccc(NC(=O)N2CCN(c3ccc(Cl)c(Cl)c3)CC2)cc1. The van der Waals surface area contributed by atoms with Crippen molar-refractivity contribution >= 4 is 52.4 Å². The molecule has 0 radical (unpaired) electrons. The molecule has 2 aromatic carbocycles. The van der Waals surface area contributed by atoms with Gasteiger partial charge < -0.3 is 15.1 Å². The van der Waals surface area contributed by atoms with Crippen molar-refractivity contribution in [2.24, 2.45) is 0 Å². The maximum Gasteiger partial charge on any atom is 0.321 e. The Hall–Kier alpha value is -1.56. The summed E-state index contributed by atoms with van der Waals surface area (Å²) >= 11 is 13.7. The lowest BCUT2D eigenvalue weighted by Gasteiger charge is -2.36. The van der Waals surface area contributed by atoms with Crippen LogP contribution in [0, 0.1) is 0 Å². The average molecular weight is 396 g/mol. The molecule has 2 amide bonds. The zero-order valence-electron chi connectivity index (χ0n) is 13.8. The van der Waals surface area contributed by atoms with Crippen molar-refractivity contribution in [3.8, 4) is 0 Å². The van der Waals surface area contributed by atoms with Crippen LogP contribution in [-0.4, -0.2) is 43.4 Å². The van der Waals surface area contributed by atoms with Gasteiger partial charge in [0, 0.05) is 42.4 Å². The third kappa shape index (κ3) is 4.54. The van der Waals surface area contributed by atoms with Crippen molar-refractivity contribution in [1.29, 1.82) is 0 Å². The highest BCUT2D eigenvalue weighted by Crippen LogP contribution is 2.28. The number of halogens is 2. The number of nitrogens with one attached hydrogen (secondary N) is 1. The lowest BCUT2D eigenvalue weighted by atomic mass is 10.2. The highest BCUT2D eigenvalue weighted by molar-refractivity contribution is 7.98. The Morgan fingerprint density at radius 3 is 2.28 bits per heavy atom. The molecule has 25 heavy (non-hydrogen) atoms. The Morgan fingerprint density at radius 2 is 1.68 bits per heavy atom. The Bertz CT molecular complexity index is 746. The van der Waals surface area contributed by atoms with Gasteiger partial charge in [0.1, 0.15) is 0 Å². The highest BCUT2D eigenvalue weighted by Gasteiger charge is 2.21. The van der Waals surface area contributed by atoms with Crippen LogP contribution >= 0.6 is 35.0 Å². The predicted molar refractivity (Wildman–Crippen MR) is 107 cm³/mol. The molecular formula is C18H19Cl2N3OS. The minimum absolute atomic E-state index is 0.0642. The number of thioether (sulfide) groups is 1. The van der Waals surface area contributed by atoms with E-state index in [9.17, 15) is 4.79 Å². The van der Waals surface area contributed by atoms with E-state index < -0.39 is 0 Å². The summed E-state index contributed by atoms with van der Waals surface area (Å²) < 4.78 is 0.